The van der Waals surface area contributed by atoms with Crippen molar-refractivity contribution >= 4 is 17.7 Å². The first-order valence-electron chi connectivity index (χ1n) is 8.92. The molecule has 5 nitrogen and oxygen atoms in total. The Bertz CT molecular complexity index is 696. The van der Waals surface area contributed by atoms with Gasteiger partial charge in [0.1, 0.15) is 6.33 Å². The summed E-state index contributed by atoms with van der Waals surface area (Å²) in [6.45, 7) is 7.03. The average molecular weight is 359 g/mol. The van der Waals surface area contributed by atoms with Crippen molar-refractivity contribution < 1.29 is 4.79 Å². The zero-order valence-electron chi connectivity index (χ0n) is 15.1. The lowest BCUT2D eigenvalue weighted by Gasteiger charge is -2.29. The molecule has 0 radical (unpaired) electrons. The maximum atomic E-state index is 12.9. The molecule has 1 atom stereocenters. The summed E-state index contributed by atoms with van der Waals surface area (Å²) in [6, 6.07) is 10.8. The van der Waals surface area contributed by atoms with Crippen molar-refractivity contribution in [1.29, 1.82) is 0 Å². The molecule has 134 valence electrons. The number of rotatable bonds is 8. The lowest BCUT2D eigenvalue weighted by Crippen LogP contribution is -2.40. The topological polar surface area (TPSA) is 51.0 Å². The lowest BCUT2D eigenvalue weighted by atomic mass is 10.1. The first-order valence-corrected chi connectivity index (χ1v) is 9.90. The molecule has 1 fully saturated rings. The first kappa shape index (κ1) is 18.0. The van der Waals surface area contributed by atoms with Gasteiger partial charge in [0, 0.05) is 18.6 Å². The Morgan fingerprint density at radius 2 is 2.00 bits per heavy atom. The van der Waals surface area contributed by atoms with Gasteiger partial charge in [-0.1, -0.05) is 42.1 Å². The second kappa shape index (κ2) is 8.04. The summed E-state index contributed by atoms with van der Waals surface area (Å²) in [7, 11) is 0. The zero-order chi connectivity index (χ0) is 17.8. The van der Waals surface area contributed by atoms with Crippen LogP contribution in [0.4, 0.5) is 0 Å². The van der Waals surface area contributed by atoms with E-state index in [2.05, 4.69) is 43.1 Å². The molecule has 1 heterocycles. The summed E-state index contributed by atoms with van der Waals surface area (Å²) in [4.78, 5) is 15.0. The molecule has 6 heteroatoms. The quantitative estimate of drug-likeness (QED) is 0.674. The molecule has 1 amide bonds. The van der Waals surface area contributed by atoms with Gasteiger partial charge < -0.3 is 9.47 Å². The van der Waals surface area contributed by atoms with Crippen LogP contribution in [0.3, 0.4) is 0 Å². The minimum atomic E-state index is 0.173. The van der Waals surface area contributed by atoms with Crippen LogP contribution in [0, 0.1) is 5.92 Å². The molecule has 3 rings (SSSR count). The lowest BCUT2D eigenvalue weighted by molar-refractivity contribution is -0.131. The van der Waals surface area contributed by atoms with Crippen molar-refractivity contribution in [2.45, 2.75) is 57.4 Å². The predicted molar refractivity (Wildman–Crippen MR) is 100 cm³/mol. The molecule has 1 unspecified atom stereocenters. The van der Waals surface area contributed by atoms with Crippen LogP contribution in [0.15, 0.2) is 41.8 Å². The average Bonchev–Trinajstić information content (AvgIpc) is 3.35. The maximum absolute atomic E-state index is 12.9. The van der Waals surface area contributed by atoms with Gasteiger partial charge in [-0.3, -0.25) is 4.79 Å². The summed E-state index contributed by atoms with van der Waals surface area (Å²) in [6.07, 6.45) is 4.19. The third-order valence-corrected chi connectivity index (χ3v) is 5.68. The van der Waals surface area contributed by atoms with Crippen LogP contribution < -0.4 is 0 Å². The van der Waals surface area contributed by atoms with E-state index in [1.54, 1.807) is 6.33 Å². The largest absolute Gasteiger partial charge is 0.335 e. The summed E-state index contributed by atoms with van der Waals surface area (Å²) in [5.74, 6) is 1.22. The Kier molecular flexibility index (Phi) is 5.78. The fourth-order valence-corrected chi connectivity index (χ4v) is 3.90. The van der Waals surface area contributed by atoms with Crippen molar-refractivity contribution in [3.05, 3.63) is 42.2 Å². The summed E-state index contributed by atoms with van der Waals surface area (Å²) in [5.41, 5.74) is 1.18. The zero-order valence-corrected chi connectivity index (χ0v) is 15.9. The van der Waals surface area contributed by atoms with Crippen LogP contribution in [0.1, 0.15) is 45.2 Å². The van der Waals surface area contributed by atoms with E-state index in [4.69, 9.17) is 0 Å². The summed E-state index contributed by atoms with van der Waals surface area (Å²) < 4.78 is 2.00. The molecular weight excluding hydrogens is 332 g/mol. The maximum Gasteiger partial charge on any atom is 0.233 e. The fraction of sp³-hybridized carbons (Fsp3) is 0.526. The highest BCUT2D eigenvalue weighted by Gasteiger charge is 2.34. The monoisotopic (exact) mass is 358 g/mol. The summed E-state index contributed by atoms with van der Waals surface area (Å²) in [5, 5.41) is 8.93. The Balaban J connectivity index is 1.67. The molecule has 1 aromatic carbocycles. The number of aromatic nitrogens is 3. The number of hydrogen-bond donors (Lipinski definition) is 0. The van der Waals surface area contributed by atoms with Crippen LogP contribution in [0.2, 0.25) is 0 Å². The normalized spacial score (nSPS) is 15.4. The molecule has 1 aliphatic rings. The third-order valence-electron chi connectivity index (χ3n) is 4.73. The molecular formula is C19H26N4OS. The molecule has 0 bridgehead atoms. The minimum absolute atomic E-state index is 0.173. The Hall–Kier alpha value is -1.82. The highest BCUT2D eigenvalue weighted by molar-refractivity contribution is 7.99. The number of thioether (sulfide) groups is 1. The van der Waals surface area contributed by atoms with Crippen molar-refractivity contribution in [1.82, 2.24) is 19.7 Å². The van der Waals surface area contributed by atoms with E-state index in [0.29, 0.717) is 24.3 Å². The molecule has 1 aromatic heterocycles. The molecule has 0 N–H and O–H groups in total. The van der Waals surface area contributed by atoms with E-state index >= 15 is 0 Å². The van der Waals surface area contributed by atoms with E-state index < -0.39 is 0 Å². The number of benzene rings is 1. The van der Waals surface area contributed by atoms with Gasteiger partial charge in [-0.25, -0.2) is 0 Å². The molecule has 0 aliphatic heterocycles. The summed E-state index contributed by atoms with van der Waals surface area (Å²) >= 11 is 1.48. The molecule has 25 heavy (non-hydrogen) atoms. The highest BCUT2D eigenvalue weighted by atomic mass is 32.2. The number of amides is 1. The first-order chi connectivity index (χ1) is 12.1. The van der Waals surface area contributed by atoms with E-state index in [0.717, 1.165) is 5.16 Å². The molecule has 2 aromatic rings. The smallest absolute Gasteiger partial charge is 0.233 e. The molecule has 0 spiro atoms. The van der Waals surface area contributed by atoms with Crippen LogP contribution in [-0.4, -0.2) is 37.4 Å². The number of carbonyl (C=O) groups excluding carboxylic acids is 1. The SMILES string of the molecule is CC(C1CC1)N(Cc1ccccc1)C(=O)CSc1nncn1C(C)C. The second-order valence-electron chi connectivity index (χ2n) is 6.99. The fourth-order valence-electron chi connectivity index (χ4n) is 2.97. The van der Waals surface area contributed by atoms with Gasteiger partial charge >= 0.3 is 0 Å². The van der Waals surface area contributed by atoms with Gasteiger partial charge in [0.25, 0.3) is 0 Å². The van der Waals surface area contributed by atoms with E-state index in [-0.39, 0.29) is 11.9 Å². The Labute approximate surface area is 153 Å². The van der Waals surface area contributed by atoms with Gasteiger partial charge in [0.2, 0.25) is 5.91 Å². The third kappa shape index (κ3) is 4.63. The highest BCUT2D eigenvalue weighted by Crippen LogP contribution is 2.36. The molecule has 1 saturated carbocycles. The minimum Gasteiger partial charge on any atom is -0.335 e. The van der Waals surface area contributed by atoms with Crippen molar-refractivity contribution in [2.75, 3.05) is 5.75 Å². The van der Waals surface area contributed by atoms with E-state index in [1.165, 1.54) is 30.2 Å². The van der Waals surface area contributed by atoms with E-state index in [9.17, 15) is 4.79 Å². The number of nitrogens with zero attached hydrogens (tertiary/aromatic N) is 4. The van der Waals surface area contributed by atoms with Crippen LogP contribution in [-0.2, 0) is 11.3 Å². The molecule has 1 aliphatic carbocycles. The van der Waals surface area contributed by atoms with Gasteiger partial charge in [-0.15, -0.1) is 10.2 Å². The van der Waals surface area contributed by atoms with E-state index in [1.807, 2.05) is 27.7 Å². The van der Waals surface area contributed by atoms with Gasteiger partial charge in [0.05, 0.1) is 5.75 Å². The van der Waals surface area contributed by atoms with Crippen LogP contribution >= 0.6 is 11.8 Å². The van der Waals surface area contributed by atoms with Gasteiger partial charge in [0.15, 0.2) is 5.16 Å². The number of carbonyl (C=O) groups is 1. The second-order valence-corrected chi connectivity index (χ2v) is 7.93. The van der Waals surface area contributed by atoms with Gasteiger partial charge in [-0.2, -0.15) is 0 Å². The predicted octanol–water partition coefficient (Wildman–Crippen LogP) is 3.78. The van der Waals surface area contributed by atoms with Crippen LogP contribution in [0.25, 0.3) is 0 Å². The Morgan fingerprint density at radius 1 is 1.28 bits per heavy atom. The Morgan fingerprint density at radius 3 is 2.64 bits per heavy atom. The van der Waals surface area contributed by atoms with Crippen molar-refractivity contribution in [2.24, 2.45) is 5.92 Å². The van der Waals surface area contributed by atoms with Gasteiger partial charge in [-0.05, 0) is 45.1 Å². The van der Waals surface area contributed by atoms with Crippen molar-refractivity contribution in [3.63, 3.8) is 0 Å². The van der Waals surface area contributed by atoms with Crippen LogP contribution in [0.5, 0.6) is 0 Å². The molecule has 0 saturated heterocycles. The standard InChI is InChI=1S/C19H26N4OS/c1-14(2)23-13-20-21-19(23)25-12-18(24)22(15(3)17-9-10-17)11-16-7-5-4-6-8-16/h4-8,13-15,17H,9-12H2,1-3H3. The number of hydrogen-bond acceptors (Lipinski definition) is 4. The van der Waals surface area contributed by atoms with Crippen molar-refractivity contribution in [3.8, 4) is 0 Å².